The van der Waals surface area contributed by atoms with Crippen LogP contribution in [0.4, 0.5) is 0 Å². The molecular weight excluding hydrogens is 797 g/mol. The Balaban J connectivity index is 1.29. The predicted octanol–water partition coefficient (Wildman–Crippen LogP) is 7.44. The van der Waals surface area contributed by atoms with Crippen LogP contribution in [0.1, 0.15) is 61.3 Å². The minimum Gasteiger partial charge on any atom is -0.489 e. The Morgan fingerprint density at radius 1 is 0.548 bits per heavy atom. The van der Waals surface area contributed by atoms with Crippen molar-refractivity contribution in [3.05, 3.63) is 149 Å². The zero-order valence-corrected chi connectivity index (χ0v) is 34.6. The highest BCUT2D eigenvalue weighted by molar-refractivity contribution is 5.73. The van der Waals surface area contributed by atoms with E-state index in [0.717, 1.165) is 43.0 Å². The first-order valence-electron chi connectivity index (χ1n) is 19.7. The minimum absolute atomic E-state index is 0.206. The molecule has 0 bridgehead atoms. The second-order valence-corrected chi connectivity index (χ2v) is 14.0. The molecule has 0 N–H and O–H groups in total. The number of rotatable bonds is 17. The van der Waals surface area contributed by atoms with E-state index in [4.69, 9.17) is 37.9 Å². The Morgan fingerprint density at radius 3 is 1.45 bits per heavy atom. The lowest BCUT2D eigenvalue weighted by Crippen LogP contribution is -2.63. The lowest BCUT2D eigenvalue weighted by molar-refractivity contribution is -0.289. The quantitative estimate of drug-likeness (QED) is 0.0669. The van der Waals surface area contributed by atoms with Crippen molar-refractivity contribution >= 4 is 48.2 Å². The van der Waals surface area contributed by atoms with E-state index in [2.05, 4.69) is 9.97 Å². The molecule has 14 heteroatoms. The molecule has 1 fully saturated rings. The van der Waals surface area contributed by atoms with E-state index < -0.39 is 61.2 Å². The summed E-state index contributed by atoms with van der Waals surface area (Å²) in [5, 5.41) is 0. The molecule has 320 valence electrons. The van der Waals surface area contributed by atoms with E-state index in [-0.39, 0.29) is 6.01 Å². The van der Waals surface area contributed by atoms with Gasteiger partial charge in [-0.3, -0.25) is 19.2 Å². The fourth-order valence-corrected chi connectivity index (χ4v) is 6.27. The molecule has 5 atom stereocenters. The van der Waals surface area contributed by atoms with Crippen LogP contribution >= 0.6 is 0 Å². The number of hydrogen-bond donors (Lipinski definition) is 0. The van der Waals surface area contributed by atoms with Gasteiger partial charge < -0.3 is 37.9 Å². The largest absolute Gasteiger partial charge is 0.489 e. The van der Waals surface area contributed by atoms with Crippen LogP contribution in [-0.2, 0) is 56.1 Å². The van der Waals surface area contributed by atoms with Gasteiger partial charge in [-0.1, -0.05) is 97.1 Å². The number of carbonyl (C=O) groups excluding carboxylic acids is 4. The van der Waals surface area contributed by atoms with Gasteiger partial charge >= 0.3 is 29.9 Å². The molecule has 1 saturated heterocycles. The van der Waals surface area contributed by atoms with Crippen molar-refractivity contribution in [2.75, 3.05) is 6.61 Å². The first-order valence-corrected chi connectivity index (χ1v) is 19.7. The molecule has 0 amide bonds. The Bertz CT molecular complexity index is 2220. The van der Waals surface area contributed by atoms with E-state index in [0.29, 0.717) is 36.1 Å². The van der Waals surface area contributed by atoms with Gasteiger partial charge in [-0.05, 0) is 64.7 Å². The zero-order valence-electron chi connectivity index (χ0n) is 34.6. The van der Waals surface area contributed by atoms with Gasteiger partial charge in [0.2, 0.25) is 12.4 Å². The van der Waals surface area contributed by atoms with E-state index in [1.165, 1.54) is 6.92 Å². The number of esters is 4. The standard InChI is InChI=1S/C48H46N2O12/c1-31(51)55-30-43-44(58-32(2)52)45(59-33(3)53)46(60-34(4)54)47(61-43)62-48-49-39(21-15-35-17-23-41(24-18-35)56-28-37-11-7-5-8-12-37)27-40(50-48)22-16-36-19-25-42(26-20-36)57-29-38-13-9-6-10-14-38/h5-27,43-47H,28-30H2,1-4H3/b21-15+,22-16+/t43-,44-,45+,46-,47+/m1/s1. The summed E-state index contributed by atoms with van der Waals surface area (Å²) in [6, 6.07) is 36.4. The highest BCUT2D eigenvalue weighted by Gasteiger charge is 2.53. The van der Waals surface area contributed by atoms with Crippen molar-refractivity contribution in [2.24, 2.45) is 0 Å². The molecule has 14 nitrogen and oxygen atoms in total. The predicted molar refractivity (Wildman–Crippen MR) is 227 cm³/mol. The average Bonchev–Trinajstić information content (AvgIpc) is 3.26. The lowest BCUT2D eigenvalue weighted by Gasteiger charge is -2.43. The number of benzene rings is 4. The first kappa shape index (κ1) is 44.2. The molecule has 1 aromatic heterocycles. The number of hydrogen-bond acceptors (Lipinski definition) is 14. The maximum Gasteiger partial charge on any atom is 0.319 e. The Morgan fingerprint density at radius 2 is 1.00 bits per heavy atom. The Kier molecular flexibility index (Phi) is 15.5. The van der Waals surface area contributed by atoms with Crippen LogP contribution < -0.4 is 14.2 Å². The summed E-state index contributed by atoms with van der Waals surface area (Å²) < 4.78 is 46.1. The molecule has 0 spiro atoms. The Labute approximate surface area is 359 Å². The summed E-state index contributed by atoms with van der Waals surface area (Å²) in [7, 11) is 0. The van der Waals surface area contributed by atoms with Gasteiger partial charge in [0.05, 0.1) is 11.4 Å². The molecule has 2 heterocycles. The second kappa shape index (κ2) is 21.8. The third-order valence-corrected chi connectivity index (χ3v) is 9.06. The molecular formula is C48H46N2O12. The molecule has 6 rings (SSSR count). The van der Waals surface area contributed by atoms with Crippen molar-refractivity contribution in [1.29, 1.82) is 0 Å². The third-order valence-electron chi connectivity index (χ3n) is 9.06. The van der Waals surface area contributed by atoms with Crippen LogP contribution in [-0.4, -0.2) is 71.2 Å². The summed E-state index contributed by atoms with van der Waals surface area (Å²) in [4.78, 5) is 58.1. The molecule has 1 aliphatic heterocycles. The fraction of sp³-hybridized carbons (Fsp3) is 0.250. The van der Waals surface area contributed by atoms with Crippen LogP contribution in [0.3, 0.4) is 0 Å². The number of nitrogens with zero attached hydrogens (tertiary/aromatic N) is 2. The van der Waals surface area contributed by atoms with Gasteiger partial charge in [0.1, 0.15) is 37.4 Å². The average molecular weight is 843 g/mol. The summed E-state index contributed by atoms with van der Waals surface area (Å²) in [6.07, 6.45) is 0.160. The van der Waals surface area contributed by atoms with Crippen LogP contribution in [0, 0.1) is 0 Å². The maximum absolute atomic E-state index is 12.4. The Hall–Kier alpha value is -7.32. The molecule has 4 aromatic carbocycles. The monoisotopic (exact) mass is 842 g/mol. The highest BCUT2D eigenvalue weighted by Crippen LogP contribution is 2.31. The fourth-order valence-electron chi connectivity index (χ4n) is 6.27. The number of ether oxygens (including phenoxy) is 8. The van der Waals surface area contributed by atoms with Gasteiger partial charge in [-0.2, -0.15) is 9.97 Å². The molecule has 0 saturated carbocycles. The molecule has 0 unspecified atom stereocenters. The molecule has 0 aliphatic carbocycles. The normalized spacial score (nSPS) is 18.4. The van der Waals surface area contributed by atoms with E-state index in [1.807, 2.05) is 121 Å². The molecule has 1 aliphatic rings. The van der Waals surface area contributed by atoms with Crippen molar-refractivity contribution in [2.45, 2.75) is 71.6 Å². The van der Waals surface area contributed by atoms with Gasteiger partial charge in [0, 0.05) is 27.7 Å². The minimum atomic E-state index is -1.54. The topological polar surface area (TPSA) is 168 Å². The summed E-state index contributed by atoms with van der Waals surface area (Å²) in [5.41, 5.74) is 4.66. The van der Waals surface area contributed by atoms with E-state index in [1.54, 1.807) is 18.2 Å². The second-order valence-electron chi connectivity index (χ2n) is 14.0. The summed E-state index contributed by atoms with van der Waals surface area (Å²) in [5.74, 6) is -1.56. The smallest absolute Gasteiger partial charge is 0.319 e. The van der Waals surface area contributed by atoms with Crippen LogP contribution in [0.5, 0.6) is 17.5 Å². The summed E-state index contributed by atoms with van der Waals surface area (Å²) in [6.45, 7) is 5.04. The summed E-state index contributed by atoms with van der Waals surface area (Å²) >= 11 is 0. The zero-order chi connectivity index (χ0) is 43.8. The van der Waals surface area contributed by atoms with Gasteiger partial charge in [0.25, 0.3) is 0 Å². The van der Waals surface area contributed by atoms with Gasteiger partial charge in [-0.25, -0.2) is 0 Å². The first-order chi connectivity index (χ1) is 30.0. The van der Waals surface area contributed by atoms with E-state index in [9.17, 15) is 19.2 Å². The number of aromatic nitrogens is 2. The highest BCUT2D eigenvalue weighted by atomic mass is 16.7. The van der Waals surface area contributed by atoms with Crippen molar-refractivity contribution in [3.63, 3.8) is 0 Å². The SMILES string of the molecule is CC(=O)OC[C@H]1O[C@@H](Oc2nc(/C=C/c3ccc(OCc4ccccc4)cc3)cc(/C=C/c3ccc(OCc4ccccc4)cc3)n2)[C@H](OC(C)=O)[C@@H](OC(C)=O)[C@@H]1OC(C)=O. The van der Waals surface area contributed by atoms with Crippen molar-refractivity contribution in [1.82, 2.24) is 9.97 Å². The maximum atomic E-state index is 12.4. The molecule has 5 aromatic rings. The van der Waals surface area contributed by atoms with Gasteiger partial charge in [-0.15, -0.1) is 0 Å². The molecule has 0 radical (unpaired) electrons. The van der Waals surface area contributed by atoms with Crippen molar-refractivity contribution < 1.29 is 57.1 Å². The van der Waals surface area contributed by atoms with Crippen LogP contribution in [0.15, 0.2) is 115 Å². The lowest BCUT2D eigenvalue weighted by atomic mass is 9.98. The van der Waals surface area contributed by atoms with Crippen LogP contribution in [0.2, 0.25) is 0 Å². The number of carbonyl (C=O) groups is 4. The van der Waals surface area contributed by atoms with E-state index >= 15 is 0 Å². The third kappa shape index (κ3) is 13.6. The molecule has 62 heavy (non-hydrogen) atoms. The van der Waals surface area contributed by atoms with Gasteiger partial charge in [0.15, 0.2) is 12.2 Å². The van der Waals surface area contributed by atoms with Crippen molar-refractivity contribution in [3.8, 4) is 17.5 Å². The van der Waals surface area contributed by atoms with Crippen LogP contribution in [0.25, 0.3) is 24.3 Å².